The average Bonchev–Trinajstić information content (AvgIpc) is 2.48. The van der Waals surface area contributed by atoms with Crippen molar-refractivity contribution in [2.45, 2.75) is 12.3 Å². The smallest absolute Gasteiger partial charge is 0.304 e. The van der Waals surface area contributed by atoms with Crippen LogP contribution < -0.4 is 4.74 Å². The molecule has 1 aromatic rings. The molecule has 1 aliphatic rings. The molecule has 0 aliphatic carbocycles. The van der Waals surface area contributed by atoms with Crippen molar-refractivity contribution in [3.05, 3.63) is 27.7 Å². The van der Waals surface area contributed by atoms with E-state index >= 15 is 0 Å². The number of carboxylic acids is 1. The molecule has 1 aliphatic heterocycles. The molecule has 5 heteroatoms. The fraction of sp³-hybridized carbons (Fsp3) is 0.300. The van der Waals surface area contributed by atoms with Crippen molar-refractivity contribution >= 4 is 29.2 Å². The second kappa shape index (κ2) is 3.91. The molecule has 0 aromatic heterocycles. The monoisotopic (exact) mass is 246 g/mol. The van der Waals surface area contributed by atoms with Gasteiger partial charge in [0.15, 0.2) is 0 Å². The lowest BCUT2D eigenvalue weighted by Gasteiger charge is -2.05. The molecule has 0 unspecified atom stereocenters. The number of ether oxygens (including phenoxy) is 1. The van der Waals surface area contributed by atoms with Crippen LogP contribution in [0, 0.1) is 0 Å². The summed E-state index contributed by atoms with van der Waals surface area (Å²) in [6.45, 7) is 0.349. The number of benzene rings is 1. The standard InChI is InChI=1S/C10H8Cl2O3/c11-6-2-7-5(1-9(13)14)4-15-10(7)8(12)3-6/h2-3,5H,1,4H2,(H,13,14)/t5-/m0/s1. The van der Waals surface area contributed by atoms with Crippen molar-refractivity contribution in [3.63, 3.8) is 0 Å². The Morgan fingerprint density at radius 3 is 2.93 bits per heavy atom. The number of aliphatic carboxylic acids is 1. The highest BCUT2D eigenvalue weighted by Crippen LogP contribution is 2.42. The molecule has 0 amide bonds. The van der Waals surface area contributed by atoms with Crippen LogP contribution in [0.25, 0.3) is 0 Å². The molecule has 1 N–H and O–H groups in total. The molecule has 0 saturated carbocycles. The molecule has 1 heterocycles. The van der Waals surface area contributed by atoms with Gasteiger partial charge in [-0.3, -0.25) is 4.79 Å². The van der Waals surface area contributed by atoms with Gasteiger partial charge >= 0.3 is 5.97 Å². The van der Waals surface area contributed by atoms with Crippen LogP contribution in [-0.4, -0.2) is 17.7 Å². The molecule has 0 fully saturated rings. The Hall–Kier alpha value is -0.930. The first-order valence-corrected chi connectivity index (χ1v) is 5.17. The molecule has 2 rings (SSSR count). The molecule has 1 atom stereocenters. The van der Waals surface area contributed by atoms with E-state index < -0.39 is 5.97 Å². The van der Waals surface area contributed by atoms with Crippen molar-refractivity contribution in [1.82, 2.24) is 0 Å². The van der Waals surface area contributed by atoms with Gasteiger partial charge in [-0.1, -0.05) is 23.2 Å². The van der Waals surface area contributed by atoms with E-state index in [-0.39, 0.29) is 12.3 Å². The third-order valence-corrected chi connectivity index (χ3v) is 2.83. The van der Waals surface area contributed by atoms with Crippen LogP contribution in [-0.2, 0) is 4.79 Å². The predicted molar refractivity (Wildman–Crippen MR) is 57.0 cm³/mol. The highest BCUT2D eigenvalue weighted by Gasteiger charge is 2.28. The maximum Gasteiger partial charge on any atom is 0.304 e. The molecular weight excluding hydrogens is 239 g/mol. The first-order valence-electron chi connectivity index (χ1n) is 4.41. The van der Waals surface area contributed by atoms with Gasteiger partial charge in [-0.2, -0.15) is 0 Å². The van der Waals surface area contributed by atoms with Crippen LogP contribution >= 0.6 is 23.2 Å². The number of fused-ring (bicyclic) bond motifs is 1. The highest BCUT2D eigenvalue weighted by molar-refractivity contribution is 6.35. The SMILES string of the molecule is O=C(O)C[C@H]1COc2c(Cl)cc(Cl)cc21. The van der Waals surface area contributed by atoms with Crippen molar-refractivity contribution in [2.75, 3.05) is 6.61 Å². The quantitative estimate of drug-likeness (QED) is 0.873. The van der Waals surface area contributed by atoms with Crippen LogP contribution in [0.1, 0.15) is 17.9 Å². The lowest BCUT2D eigenvalue weighted by atomic mass is 9.98. The summed E-state index contributed by atoms with van der Waals surface area (Å²) >= 11 is 11.8. The van der Waals surface area contributed by atoms with Gasteiger partial charge in [0.25, 0.3) is 0 Å². The summed E-state index contributed by atoms with van der Waals surface area (Å²) in [5.41, 5.74) is 0.787. The van der Waals surface area contributed by atoms with E-state index in [1.807, 2.05) is 0 Å². The van der Waals surface area contributed by atoms with Gasteiger partial charge in [0.1, 0.15) is 5.75 Å². The molecule has 0 spiro atoms. The first kappa shape index (κ1) is 10.6. The number of carboxylic acid groups (broad SMARTS) is 1. The lowest BCUT2D eigenvalue weighted by Crippen LogP contribution is -2.07. The Morgan fingerprint density at radius 1 is 1.53 bits per heavy atom. The third-order valence-electron chi connectivity index (χ3n) is 2.33. The molecular formula is C10H8Cl2O3. The van der Waals surface area contributed by atoms with E-state index in [2.05, 4.69) is 0 Å². The van der Waals surface area contributed by atoms with Crippen LogP contribution in [0.5, 0.6) is 5.75 Å². The Bertz CT molecular complexity index is 417. The Labute approximate surface area is 96.6 Å². The largest absolute Gasteiger partial charge is 0.491 e. The van der Waals surface area contributed by atoms with Crippen LogP contribution in [0.4, 0.5) is 0 Å². The van der Waals surface area contributed by atoms with Crippen molar-refractivity contribution < 1.29 is 14.6 Å². The number of halogens is 2. The van der Waals surface area contributed by atoms with Gasteiger partial charge in [0, 0.05) is 16.5 Å². The zero-order valence-corrected chi connectivity index (χ0v) is 9.18. The van der Waals surface area contributed by atoms with E-state index in [0.29, 0.717) is 22.4 Å². The summed E-state index contributed by atoms with van der Waals surface area (Å²) in [5.74, 6) is -0.450. The minimum Gasteiger partial charge on any atom is -0.491 e. The van der Waals surface area contributed by atoms with Crippen LogP contribution in [0.2, 0.25) is 10.0 Å². The average molecular weight is 247 g/mol. The summed E-state index contributed by atoms with van der Waals surface area (Å²) in [5, 5.41) is 9.65. The Kier molecular flexibility index (Phi) is 2.76. The van der Waals surface area contributed by atoms with E-state index in [0.717, 1.165) is 5.56 Å². The molecule has 1 aromatic carbocycles. The van der Waals surface area contributed by atoms with Gasteiger partial charge in [-0.25, -0.2) is 0 Å². The normalized spacial score (nSPS) is 18.4. The van der Waals surface area contributed by atoms with E-state index in [9.17, 15) is 4.79 Å². The zero-order chi connectivity index (χ0) is 11.0. The molecule has 15 heavy (non-hydrogen) atoms. The second-order valence-electron chi connectivity index (χ2n) is 3.41. The first-order chi connectivity index (χ1) is 7.08. The summed E-state index contributed by atoms with van der Waals surface area (Å²) in [6, 6.07) is 3.30. The Morgan fingerprint density at radius 2 is 2.27 bits per heavy atom. The van der Waals surface area contributed by atoms with Gasteiger partial charge in [-0.15, -0.1) is 0 Å². The summed E-state index contributed by atoms with van der Waals surface area (Å²) in [4.78, 5) is 10.6. The number of hydrogen-bond donors (Lipinski definition) is 1. The highest BCUT2D eigenvalue weighted by atomic mass is 35.5. The van der Waals surface area contributed by atoms with Gasteiger partial charge in [0.2, 0.25) is 0 Å². The number of carbonyl (C=O) groups is 1. The van der Waals surface area contributed by atoms with Gasteiger partial charge < -0.3 is 9.84 Å². The fourth-order valence-corrected chi connectivity index (χ4v) is 2.25. The van der Waals surface area contributed by atoms with Crippen LogP contribution in [0.3, 0.4) is 0 Å². The van der Waals surface area contributed by atoms with E-state index in [1.165, 1.54) is 0 Å². The fourth-order valence-electron chi connectivity index (χ4n) is 1.69. The zero-order valence-electron chi connectivity index (χ0n) is 7.67. The molecule has 3 nitrogen and oxygen atoms in total. The van der Waals surface area contributed by atoms with E-state index in [1.54, 1.807) is 12.1 Å². The van der Waals surface area contributed by atoms with Crippen molar-refractivity contribution in [2.24, 2.45) is 0 Å². The topological polar surface area (TPSA) is 46.5 Å². The van der Waals surface area contributed by atoms with Gasteiger partial charge in [-0.05, 0) is 12.1 Å². The van der Waals surface area contributed by atoms with E-state index in [4.69, 9.17) is 33.0 Å². The molecule has 80 valence electrons. The third kappa shape index (κ3) is 2.03. The van der Waals surface area contributed by atoms with Crippen LogP contribution in [0.15, 0.2) is 12.1 Å². The maximum absolute atomic E-state index is 10.6. The maximum atomic E-state index is 10.6. The predicted octanol–water partition coefficient (Wildman–Crippen LogP) is 2.94. The Balaban J connectivity index is 2.37. The summed E-state index contributed by atoms with van der Waals surface area (Å²) < 4.78 is 5.34. The lowest BCUT2D eigenvalue weighted by molar-refractivity contribution is -0.137. The molecule has 0 radical (unpaired) electrons. The summed E-state index contributed by atoms with van der Waals surface area (Å²) in [7, 11) is 0. The second-order valence-corrected chi connectivity index (χ2v) is 4.26. The number of rotatable bonds is 2. The van der Waals surface area contributed by atoms with Gasteiger partial charge in [0.05, 0.1) is 18.1 Å². The minimum absolute atomic E-state index is 0.0314. The molecule has 0 bridgehead atoms. The van der Waals surface area contributed by atoms with Crippen molar-refractivity contribution in [1.29, 1.82) is 0 Å². The van der Waals surface area contributed by atoms with Crippen molar-refractivity contribution in [3.8, 4) is 5.75 Å². The minimum atomic E-state index is -0.854. The molecule has 0 saturated heterocycles. The number of hydrogen-bond acceptors (Lipinski definition) is 2. The summed E-state index contributed by atoms with van der Waals surface area (Å²) in [6.07, 6.45) is 0.0314.